The highest BCUT2D eigenvalue weighted by atomic mass is 16.8. The van der Waals surface area contributed by atoms with E-state index in [0.717, 1.165) is 0 Å². The van der Waals surface area contributed by atoms with Crippen LogP contribution >= 0.6 is 0 Å². The van der Waals surface area contributed by atoms with Crippen LogP contribution in [0.5, 0.6) is 0 Å². The van der Waals surface area contributed by atoms with Crippen LogP contribution < -0.4 is 0 Å². The van der Waals surface area contributed by atoms with Gasteiger partial charge in [-0.15, -0.1) is 0 Å². The highest BCUT2D eigenvalue weighted by Gasteiger charge is 2.46. The monoisotopic (exact) mass is 200 g/mol. The normalized spacial score (nSPS) is 38.9. The maximum Gasteiger partial charge on any atom is 0.164 e. The first kappa shape index (κ1) is 10.1. The van der Waals surface area contributed by atoms with Crippen LogP contribution in [-0.4, -0.2) is 42.4 Å². The molecule has 0 aromatic heterocycles. The summed E-state index contributed by atoms with van der Waals surface area (Å²) in [5.41, 5.74) is 0. The first-order valence-corrected chi connectivity index (χ1v) is 4.89. The van der Waals surface area contributed by atoms with E-state index in [1.165, 1.54) is 0 Å². The second kappa shape index (κ2) is 3.62. The van der Waals surface area contributed by atoms with Crippen molar-refractivity contribution in [2.75, 3.05) is 13.2 Å². The average molecular weight is 200 g/mol. The fourth-order valence-electron chi connectivity index (χ4n) is 1.89. The predicted molar refractivity (Wildman–Crippen MR) is 49.8 cm³/mol. The summed E-state index contributed by atoms with van der Waals surface area (Å²) in [7, 11) is 0. The summed E-state index contributed by atoms with van der Waals surface area (Å²) in [6.07, 6.45) is 3.74. The van der Waals surface area contributed by atoms with Crippen molar-refractivity contribution in [2.45, 2.75) is 37.9 Å². The molecule has 1 N–H and O–H groups in total. The molecular formula is C10H16O4. The Morgan fingerprint density at radius 3 is 2.86 bits per heavy atom. The van der Waals surface area contributed by atoms with Crippen LogP contribution in [0.15, 0.2) is 12.2 Å². The highest BCUT2D eigenvalue weighted by Crippen LogP contribution is 2.35. The van der Waals surface area contributed by atoms with Gasteiger partial charge in [0.2, 0.25) is 0 Å². The van der Waals surface area contributed by atoms with Gasteiger partial charge in [0.05, 0.1) is 13.2 Å². The SMILES string of the molecule is CC1(C)O[C@@H]2[C@@H](OCCO)C=C[C@@H]2O1. The Hall–Kier alpha value is -0.420. The summed E-state index contributed by atoms with van der Waals surface area (Å²) in [4.78, 5) is 0. The molecule has 0 aromatic rings. The molecule has 0 amide bonds. The maximum atomic E-state index is 8.65. The van der Waals surface area contributed by atoms with Gasteiger partial charge in [0.25, 0.3) is 0 Å². The maximum absolute atomic E-state index is 8.65. The Kier molecular flexibility index (Phi) is 2.62. The first-order chi connectivity index (χ1) is 6.62. The van der Waals surface area contributed by atoms with Crippen molar-refractivity contribution < 1.29 is 19.3 Å². The summed E-state index contributed by atoms with van der Waals surface area (Å²) in [5.74, 6) is -0.527. The van der Waals surface area contributed by atoms with E-state index in [4.69, 9.17) is 19.3 Å². The van der Waals surface area contributed by atoms with E-state index in [1.807, 2.05) is 26.0 Å². The Morgan fingerprint density at radius 2 is 2.14 bits per heavy atom. The van der Waals surface area contributed by atoms with Crippen LogP contribution in [-0.2, 0) is 14.2 Å². The first-order valence-electron chi connectivity index (χ1n) is 4.89. The van der Waals surface area contributed by atoms with Gasteiger partial charge in [-0.1, -0.05) is 12.2 Å². The van der Waals surface area contributed by atoms with Gasteiger partial charge >= 0.3 is 0 Å². The van der Waals surface area contributed by atoms with Gasteiger partial charge < -0.3 is 19.3 Å². The van der Waals surface area contributed by atoms with Crippen molar-refractivity contribution >= 4 is 0 Å². The van der Waals surface area contributed by atoms with E-state index in [-0.39, 0.29) is 24.9 Å². The molecule has 80 valence electrons. The summed E-state index contributed by atoms with van der Waals surface area (Å²) in [6, 6.07) is 0. The number of fused-ring (bicyclic) bond motifs is 1. The van der Waals surface area contributed by atoms with Crippen LogP contribution in [0.2, 0.25) is 0 Å². The third-order valence-electron chi connectivity index (χ3n) is 2.38. The molecule has 0 aromatic carbocycles. The molecule has 1 heterocycles. The topological polar surface area (TPSA) is 47.9 Å². The van der Waals surface area contributed by atoms with Gasteiger partial charge in [-0.25, -0.2) is 0 Å². The third-order valence-corrected chi connectivity index (χ3v) is 2.38. The Morgan fingerprint density at radius 1 is 1.36 bits per heavy atom. The van der Waals surface area contributed by atoms with Crippen molar-refractivity contribution in [2.24, 2.45) is 0 Å². The molecule has 14 heavy (non-hydrogen) atoms. The molecule has 4 heteroatoms. The van der Waals surface area contributed by atoms with Crippen molar-refractivity contribution in [1.29, 1.82) is 0 Å². The molecule has 2 aliphatic rings. The zero-order valence-corrected chi connectivity index (χ0v) is 8.47. The number of aliphatic hydroxyl groups excluding tert-OH is 1. The lowest BCUT2D eigenvalue weighted by molar-refractivity contribution is -0.156. The molecule has 0 bridgehead atoms. The van der Waals surface area contributed by atoms with E-state index in [2.05, 4.69) is 0 Å². The molecular weight excluding hydrogens is 184 g/mol. The molecule has 0 spiro atoms. The molecule has 1 aliphatic carbocycles. The lowest BCUT2D eigenvalue weighted by atomic mass is 10.2. The standard InChI is InChI=1S/C10H16O4/c1-10(2)13-8-4-3-7(9(8)14-10)12-6-5-11/h3-4,7-9,11H,5-6H2,1-2H3/t7-,8-,9+/m0/s1. The number of hydrogen-bond donors (Lipinski definition) is 1. The summed E-state index contributed by atoms with van der Waals surface area (Å²) in [6.45, 7) is 4.15. The van der Waals surface area contributed by atoms with Gasteiger partial charge in [-0.05, 0) is 13.8 Å². The largest absolute Gasteiger partial charge is 0.394 e. The molecule has 4 nitrogen and oxygen atoms in total. The van der Waals surface area contributed by atoms with Crippen molar-refractivity contribution in [3.63, 3.8) is 0 Å². The quantitative estimate of drug-likeness (QED) is 0.672. The van der Waals surface area contributed by atoms with E-state index < -0.39 is 5.79 Å². The van der Waals surface area contributed by atoms with E-state index in [0.29, 0.717) is 6.61 Å². The Labute approximate surface area is 83.5 Å². The molecule has 0 unspecified atom stereocenters. The van der Waals surface area contributed by atoms with E-state index in [1.54, 1.807) is 0 Å². The van der Waals surface area contributed by atoms with Crippen LogP contribution in [0.4, 0.5) is 0 Å². The number of rotatable bonds is 3. The van der Waals surface area contributed by atoms with Crippen molar-refractivity contribution in [3.05, 3.63) is 12.2 Å². The van der Waals surface area contributed by atoms with Gasteiger partial charge in [0.15, 0.2) is 5.79 Å². The zero-order valence-electron chi connectivity index (χ0n) is 8.47. The predicted octanol–water partition coefficient (Wildman–Crippen LogP) is 0.454. The molecule has 1 fully saturated rings. The van der Waals surface area contributed by atoms with Gasteiger partial charge in [0.1, 0.15) is 18.3 Å². The summed E-state index contributed by atoms with van der Waals surface area (Å²) < 4.78 is 16.7. The van der Waals surface area contributed by atoms with Crippen LogP contribution in [0.25, 0.3) is 0 Å². The minimum Gasteiger partial charge on any atom is -0.394 e. The molecule has 1 aliphatic heterocycles. The number of hydrogen-bond acceptors (Lipinski definition) is 4. The summed E-state index contributed by atoms with van der Waals surface area (Å²) in [5, 5.41) is 8.65. The fraction of sp³-hybridized carbons (Fsp3) is 0.800. The van der Waals surface area contributed by atoms with Crippen molar-refractivity contribution in [3.8, 4) is 0 Å². The van der Waals surface area contributed by atoms with Gasteiger partial charge in [-0.2, -0.15) is 0 Å². The Bertz CT molecular complexity index is 236. The lowest BCUT2D eigenvalue weighted by Crippen LogP contribution is -2.31. The minimum atomic E-state index is -0.527. The minimum absolute atomic E-state index is 0.00584. The highest BCUT2D eigenvalue weighted by molar-refractivity contribution is 5.13. The van der Waals surface area contributed by atoms with E-state index >= 15 is 0 Å². The lowest BCUT2D eigenvalue weighted by Gasteiger charge is -2.20. The smallest absolute Gasteiger partial charge is 0.164 e. The zero-order chi connectivity index (χ0) is 10.2. The third kappa shape index (κ3) is 1.83. The fourth-order valence-corrected chi connectivity index (χ4v) is 1.89. The van der Waals surface area contributed by atoms with E-state index in [9.17, 15) is 0 Å². The molecule has 0 radical (unpaired) electrons. The van der Waals surface area contributed by atoms with Gasteiger partial charge in [-0.3, -0.25) is 0 Å². The second-order valence-electron chi connectivity index (χ2n) is 4.01. The Balaban J connectivity index is 1.95. The molecule has 1 saturated heterocycles. The molecule has 2 rings (SSSR count). The van der Waals surface area contributed by atoms with Crippen molar-refractivity contribution in [1.82, 2.24) is 0 Å². The van der Waals surface area contributed by atoms with Gasteiger partial charge in [0, 0.05) is 0 Å². The summed E-state index contributed by atoms with van der Waals surface area (Å²) >= 11 is 0. The number of aliphatic hydroxyl groups is 1. The molecule has 3 atom stereocenters. The molecule has 0 saturated carbocycles. The number of ether oxygens (including phenoxy) is 3. The average Bonchev–Trinajstić information content (AvgIpc) is 2.57. The second-order valence-corrected chi connectivity index (χ2v) is 4.01. The van der Waals surface area contributed by atoms with Crippen LogP contribution in [0, 0.1) is 0 Å². The van der Waals surface area contributed by atoms with Crippen LogP contribution in [0.1, 0.15) is 13.8 Å². The van der Waals surface area contributed by atoms with Crippen LogP contribution in [0.3, 0.4) is 0 Å².